The van der Waals surface area contributed by atoms with Gasteiger partial charge in [-0.3, -0.25) is 0 Å². The molecule has 0 amide bonds. The summed E-state index contributed by atoms with van der Waals surface area (Å²) in [6, 6.07) is 8.10. The smallest absolute Gasteiger partial charge is 0.451 e. The highest BCUT2D eigenvalue weighted by Gasteiger charge is 2.35. The van der Waals surface area contributed by atoms with Gasteiger partial charge in [-0.05, 0) is 17.5 Å². The minimum Gasteiger partial charge on any atom is -0.515 e. The van der Waals surface area contributed by atoms with Crippen molar-refractivity contribution in [2.45, 2.75) is 6.18 Å². The van der Waals surface area contributed by atoms with Gasteiger partial charge in [-0.25, -0.2) is 9.97 Å². The van der Waals surface area contributed by atoms with E-state index in [1.807, 2.05) is 0 Å². The zero-order valence-electron chi connectivity index (χ0n) is 9.44. The highest BCUT2D eigenvalue weighted by molar-refractivity contribution is 6.06. The van der Waals surface area contributed by atoms with E-state index in [9.17, 15) is 13.2 Å². The maximum absolute atomic E-state index is 12.8. The molecule has 1 N–H and O–H groups in total. The van der Waals surface area contributed by atoms with Gasteiger partial charge in [-0.15, -0.1) is 0 Å². The zero-order chi connectivity index (χ0) is 13.6. The molecule has 0 aliphatic rings. The highest BCUT2D eigenvalue weighted by atomic mass is 19.4. The Morgan fingerprint density at radius 3 is 2.53 bits per heavy atom. The minimum atomic E-state index is -4.62. The molecule has 0 spiro atoms. The van der Waals surface area contributed by atoms with E-state index in [-0.39, 0.29) is 16.3 Å². The monoisotopic (exact) mass is 264 g/mol. The van der Waals surface area contributed by atoms with Crippen molar-refractivity contribution in [1.82, 2.24) is 9.97 Å². The summed E-state index contributed by atoms with van der Waals surface area (Å²) in [6.45, 7) is 0. The molecular formula is C13H7F3N2O. The molecule has 1 aromatic heterocycles. The second-order valence-corrected chi connectivity index (χ2v) is 4.05. The lowest BCUT2D eigenvalue weighted by Crippen LogP contribution is -2.14. The normalized spacial score (nSPS) is 13.5. The topological polar surface area (TPSA) is 46.0 Å². The van der Waals surface area contributed by atoms with Crippen molar-refractivity contribution >= 4 is 28.1 Å². The number of aliphatic hydroxyl groups excluding tert-OH is 1. The quantitative estimate of drug-likeness (QED) is 0.679. The zero-order valence-corrected chi connectivity index (χ0v) is 9.44. The molecule has 0 atom stereocenters. The fourth-order valence-electron chi connectivity index (χ4n) is 2.05. The first-order chi connectivity index (χ1) is 9.00. The Morgan fingerprint density at radius 2 is 1.84 bits per heavy atom. The summed E-state index contributed by atoms with van der Waals surface area (Å²) < 4.78 is 38.3. The Morgan fingerprint density at radius 1 is 1.05 bits per heavy atom. The highest BCUT2D eigenvalue weighted by Crippen LogP contribution is 2.29. The average Bonchev–Trinajstić information content (AvgIpc) is 2.38. The largest absolute Gasteiger partial charge is 0.515 e. The Balaban J connectivity index is 2.57. The van der Waals surface area contributed by atoms with Gasteiger partial charge in [0, 0.05) is 10.6 Å². The summed E-state index contributed by atoms with van der Waals surface area (Å²) in [5, 5.41) is 10.6. The Hall–Kier alpha value is -2.37. The van der Waals surface area contributed by atoms with Crippen LogP contribution < -0.4 is 5.22 Å². The van der Waals surface area contributed by atoms with Crippen molar-refractivity contribution in [3.63, 3.8) is 0 Å². The minimum absolute atomic E-state index is 0.0953. The lowest BCUT2D eigenvalue weighted by molar-refractivity contribution is -0.144. The van der Waals surface area contributed by atoms with Gasteiger partial charge in [0.05, 0.1) is 17.3 Å². The number of hydrogen-bond donors (Lipinski definition) is 1. The van der Waals surface area contributed by atoms with Crippen LogP contribution in [0.2, 0.25) is 0 Å². The second kappa shape index (κ2) is 3.81. The van der Waals surface area contributed by atoms with Crippen molar-refractivity contribution in [3.8, 4) is 0 Å². The van der Waals surface area contributed by atoms with Crippen LogP contribution in [0.1, 0.15) is 5.82 Å². The van der Waals surface area contributed by atoms with Gasteiger partial charge < -0.3 is 5.11 Å². The van der Waals surface area contributed by atoms with Crippen molar-refractivity contribution in [3.05, 3.63) is 41.4 Å². The van der Waals surface area contributed by atoms with Crippen molar-refractivity contribution in [2.24, 2.45) is 0 Å². The van der Waals surface area contributed by atoms with Crippen LogP contribution in [0.4, 0.5) is 13.2 Å². The molecule has 0 bridgehead atoms. The maximum atomic E-state index is 12.8. The third-order valence-electron chi connectivity index (χ3n) is 2.86. The summed E-state index contributed by atoms with van der Waals surface area (Å²) in [6.07, 6.45) is -3.88. The van der Waals surface area contributed by atoms with Gasteiger partial charge in [0.1, 0.15) is 0 Å². The van der Waals surface area contributed by atoms with Gasteiger partial charge in [0.2, 0.25) is 5.82 Å². The van der Waals surface area contributed by atoms with Crippen molar-refractivity contribution < 1.29 is 18.3 Å². The van der Waals surface area contributed by atoms with E-state index in [0.717, 1.165) is 11.6 Å². The van der Waals surface area contributed by atoms with Crippen molar-refractivity contribution in [1.29, 1.82) is 0 Å². The molecule has 0 saturated heterocycles. The molecule has 19 heavy (non-hydrogen) atoms. The van der Waals surface area contributed by atoms with Crippen molar-refractivity contribution in [2.75, 3.05) is 0 Å². The van der Waals surface area contributed by atoms with Gasteiger partial charge in [-0.1, -0.05) is 18.2 Å². The lowest BCUT2D eigenvalue weighted by Gasteiger charge is -2.09. The van der Waals surface area contributed by atoms with Gasteiger partial charge >= 0.3 is 6.18 Å². The van der Waals surface area contributed by atoms with Crippen LogP contribution in [0, 0.1) is 0 Å². The molecule has 3 nitrogen and oxygen atoms in total. The third kappa shape index (κ3) is 1.76. The van der Waals surface area contributed by atoms with E-state index in [1.54, 1.807) is 18.2 Å². The molecule has 0 aliphatic heterocycles. The molecule has 96 valence electrons. The SMILES string of the molecule is O/C=c1/ccc2cccc3nc(C(F)(F)F)nc1c23. The van der Waals surface area contributed by atoms with Crippen LogP contribution in [-0.2, 0) is 6.18 Å². The first kappa shape index (κ1) is 11.7. The van der Waals surface area contributed by atoms with E-state index in [0.29, 0.717) is 5.39 Å². The number of hydrogen-bond acceptors (Lipinski definition) is 3. The van der Waals surface area contributed by atoms with Gasteiger partial charge in [-0.2, -0.15) is 13.2 Å². The molecule has 0 fully saturated rings. The van der Waals surface area contributed by atoms with E-state index >= 15 is 0 Å². The van der Waals surface area contributed by atoms with E-state index in [4.69, 9.17) is 5.11 Å². The summed E-state index contributed by atoms with van der Waals surface area (Å²) in [7, 11) is 0. The third-order valence-corrected chi connectivity index (χ3v) is 2.86. The first-order valence-corrected chi connectivity index (χ1v) is 5.41. The molecule has 1 heterocycles. The van der Waals surface area contributed by atoms with Crippen LogP contribution >= 0.6 is 0 Å². The van der Waals surface area contributed by atoms with Crippen LogP contribution in [-0.4, -0.2) is 15.1 Å². The molecule has 6 heteroatoms. The van der Waals surface area contributed by atoms with Crippen LogP contribution in [0.25, 0.3) is 28.1 Å². The molecule has 0 unspecified atom stereocenters. The summed E-state index contributed by atoms with van der Waals surface area (Å²) in [5.74, 6) is -1.21. The predicted octanol–water partition coefficient (Wildman–Crippen LogP) is 2.82. The van der Waals surface area contributed by atoms with E-state index in [2.05, 4.69) is 9.97 Å². The second-order valence-electron chi connectivity index (χ2n) is 4.05. The summed E-state index contributed by atoms with van der Waals surface area (Å²) >= 11 is 0. The standard InChI is InChI=1S/C13H7F3N2O/c14-13(15,16)12-17-9-3-1-2-7-4-5-8(6-19)11(18-12)10(7)9/h1-6,19H/b8-6-. The molecular weight excluding hydrogens is 257 g/mol. The number of aliphatic hydroxyl groups is 1. The molecule has 0 saturated carbocycles. The van der Waals surface area contributed by atoms with Gasteiger partial charge in [0.25, 0.3) is 0 Å². The number of nitrogens with zero attached hydrogens (tertiary/aromatic N) is 2. The molecule has 2 aromatic carbocycles. The number of alkyl halides is 3. The first-order valence-electron chi connectivity index (χ1n) is 5.41. The number of benzene rings is 2. The predicted molar refractivity (Wildman–Crippen MR) is 64.4 cm³/mol. The van der Waals surface area contributed by atoms with Crippen LogP contribution in [0.3, 0.4) is 0 Å². The summed E-state index contributed by atoms with van der Waals surface area (Å²) in [5.41, 5.74) is 0.302. The molecule has 0 radical (unpaired) electrons. The lowest BCUT2D eigenvalue weighted by atomic mass is 10.1. The Bertz CT molecular complexity index is 827. The maximum Gasteiger partial charge on any atom is 0.451 e. The van der Waals surface area contributed by atoms with Gasteiger partial charge in [0.15, 0.2) is 0 Å². The Labute approximate surface area is 105 Å². The molecule has 0 aliphatic carbocycles. The molecule has 3 aromatic rings. The Kier molecular flexibility index (Phi) is 2.35. The number of rotatable bonds is 0. The van der Waals surface area contributed by atoms with E-state index < -0.39 is 12.0 Å². The fraction of sp³-hybridized carbons (Fsp3) is 0.0769. The fourth-order valence-corrected chi connectivity index (χ4v) is 2.05. The summed E-state index contributed by atoms with van der Waals surface area (Å²) in [4.78, 5) is 7.08. The number of halogens is 3. The van der Waals surface area contributed by atoms with Crippen LogP contribution in [0.15, 0.2) is 30.3 Å². The average molecular weight is 264 g/mol. The molecule has 3 rings (SSSR count). The van der Waals surface area contributed by atoms with E-state index in [1.165, 1.54) is 12.1 Å². The van der Waals surface area contributed by atoms with Crippen LogP contribution in [0.5, 0.6) is 0 Å². The number of aromatic nitrogens is 2.